The molecule has 0 aliphatic rings. The second kappa shape index (κ2) is 6.71. The molecule has 0 bridgehead atoms. The van der Waals surface area contributed by atoms with Crippen molar-refractivity contribution in [3.05, 3.63) is 58.7 Å². The highest BCUT2D eigenvalue weighted by Gasteiger charge is 2.35. The normalized spacial score (nSPS) is 12.3. The summed E-state index contributed by atoms with van der Waals surface area (Å²) in [6.07, 6.45) is -4.80. The monoisotopic (exact) mass is 430 g/mol. The minimum absolute atomic E-state index is 0.0397. The molecule has 3 aromatic rings. The molecule has 0 aliphatic heterocycles. The molecule has 6 nitrogen and oxygen atoms in total. The van der Waals surface area contributed by atoms with E-state index in [2.05, 4.69) is 5.10 Å². The first-order chi connectivity index (χ1) is 12.9. The van der Waals surface area contributed by atoms with Crippen LogP contribution in [0.4, 0.5) is 24.7 Å². The summed E-state index contributed by atoms with van der Waals surface area (Å²) < 4.78 is 66.5. The zero-order valence-electron chi connectivity index (χ0n) is 14.3. The van der Waals surface area contributed by atoms with Crippen molar-refractivity contribution in [2.24, 2.45) is 0 Å². The van der Waals surface area contributed by atoms with E-state index in [9.17, 15) is 21.6 Å². The van der Waals surface area contributed by atoms with E-state index in [0.29, 0.717) is 16.8 Å². The van der Waals surface area contributed by atoms with Crippen LogP contribution < -0.4 is 11.5 Å². The fourth-order valence-corrected chi connectivity index (χ4v) is 4.38. The van der Waals surface area contributed by atoms with Crippen molar-refractivity contribution < 1.29 is 21.6 Å². The van der Waals surface area contributed by atoms with Gasteiger partial charge in [0.25, 0.3) is 0 Å². The van der Waals surface area contributed by atoms with Crippen molar-refractivity contribution in [3.8, 4) is 5.69 Å². The minimum atomic E-state index is -4.80. The maximum absolute atomic E-state index is 13.1. The van der Waals surface area contributed by atoms with Gasteiger partial charge in [-0.2, -0.15) is 18.3 Å². The van der Waals surface area contributed by atoms with Gasteiger partial charge in [-0.1, -0.05) is 11.6 Å². The lowest BCUT2D eigenvalue weighted by Gasteiger charge is -2.12. The van der Waals surface area contributed by atoms with Crippen LogP contribution in [0.3, 0.4) is 0 Å². The van der Waals surface area contributed by atoms with Gasteiger partial charge in [0.05, 0.1) is 21.8 Å². The highest BCUT2D eigenvalue weighted by atomic mass is 35.5. The number of halogens is 4. The Morgan fingerprint density at radius 3 is 2.25 bits per heavy atom. The Labute approximate surface area is 163 Å². The van der Waals surface area contributed by atoms with E-state index >= 15 is 0 Å². The predicted octanol–water partition coefficient (Wildman–Crippen LogP) is 3.85. The van der Waals surface area contributed by atoms with Crippen molar-refractivity contribution in [2.45, 2.75) is 22.9 Å². The minimum Gasteiger partial charge on any atom is -0.398 e. The summed E-state index contributed by atoms with van der Waals surface area (Å²) in [7, 11) is -4.39. The molecule has 0 saturated carbocycles. The van der Waals surface area contributed by atoms with Gasteiger partial charge in [0.2, 0.25) is 9.84 Å². The highest BCUT2D eigenvalue weighted by Crippen LogP contribution is 2.37. The smallest absolute Gasteiger partial charge is 0.398 e. The molecule has 0 spiro atoms. The first-order valence-corrected chi connectivity index (χ1v) is 9.62. The van der Waals surface area contributed by atoms with Gasteiger partial charge >= 0.3 is 6.18 Å². The first kappa shape index (κ1) is 20.0. The van der Waals surface area contributed by atoms with Crippen molar-refractivity contribution in [3.63, 3.8) is 0 Å². The number of nitrogens with two attached hydrogens (primary N) is 2. The van der Waals surface area contributed by atoms with Crippen LogP contribution in [0.25, 0.3) is 5.69 Å². The van der Waals surface area contributed by atoms with Gasteiger partial charge < -0.3 is 11.5 Å². The standard InChI is InChI=1S/C17H14ClF3N4O2S/c1-9-15(16(23)25(24-9)11-4-2-10(18)3-5-11)28(26,27)12-6-7-14(22)13(8-12)17(19,20)21/h2-8H,22-23H2,1H3. The lowest BCUT2D eigenvalue weighted by atomic mass is 10.2. The van der Waals surface area contributed by atoms with Crippen molar-refractivity contribution in [2.75, 3.05) is 11.5 Å². The Morgan fingerprint density at radius 2 is 1.68 bits per heavy atom. The average Bonchev–Trinajstić information content (AvgIpc) is 2.89. The molecule has 28 heavy (non-hydrogen) atoms. The van der Waals surface area contributed by atoms with Gasteiger partial charge in [0, 0.05) is 10.7 Å². The lowest BCUT2D eigenvalue weighted by Crippen LogP contribution is -2.12. The molecule has 11 heteroatoms. The summed E-state index contributed by atoms with van der Waals surface area (Å²) in [5.41, 5.74) is 10.0. The second-order valence-electron chi connectivity index (χ2n) is 5.94. The summed E-state index contributed by atoms with van der Waals surface area (Å²) >= 11 is 5.83. The van der Waals surface area contributed by atoms with Crippen LogP contribution in [0.15, 0.2) is 52.3 Å². The number of nitrogens with zero attached hydrogens (tertiary/aromatic N) is 2. The Hall–Kier alpha value is -2.72. The Balaban J connectivity index is 2.17. The van der Waals surface area contributed by atoms with E-state index in [1.54, 1.807) is 24.3 Å². The van der Waals surface area contributed by atoms with Gasteiger partial charge in [-0.05, 0) is 49.4 Å². The third-order valence-corrected chi connectivity index (χ3v) is 6.19. The largest absolute Gasteiger partial charge is 0.418 e. The molecular weight excluding hydrogens is 417 g/mol. The molecule has 0 atom stereocenters. The first-order valence-electron chi connectivity index (χ1n) is 7.76. The lowest BCUT2D eigenvalue weighted by molar-refractivity contribution is -0.137. The SMILES string of the molecule is Cc1nn(-c2ccc(Cl)cc2)c(N)c1S(=O)(=O)c1ccc(N)c(C(F)(F)F)c1. The Morgan fingerprint density at radius 1 is 1.07 bits per heavy atom. The topological polar surface area (TPSA) is 104 Å². The predicted molar refractivity (Wildman–Crippen MR) is 99.0 cm³/mol. The van der Waals surface area contributed by atoms with Crippen LogP contribution in [0.2, 0.25) is 5.02 Å². The Bertz CT molecular complexity index is 1160. The number of hydrogen-bond acceptors (Lipinski definition) is 5. The van der Waals surface area contributed by atoms with Crippen molar-refractivity contribution >= 4 is 32.9 Å². The molecule has 0 saturated heterocycles. The van der Waals surface area contributed by atoms with E-state index < -0.39 is 32.2 Å². The molecule has 0 amide bonds. The van der Waals surface area contributed by atoms with Gasteiger partial charge in [-0.3, -0.25) is 0 Å². The van der Waals surface area contributed by atoms with Crippen LogP contribution in [-0.4, -0.2) is 18.2 Å². The van der Waals surface area contributed by atoms with Crippen LogP contribution in [-0.2, 0) is 16.0 Å². The molecule has 1 heterocycles. The average molecular weight is 431 g/mol. The zero-order valence-corrected chi connectivity index (χ0v) is 15.9. The summed E-state index contributed by atoms with van der Waals surface area (Å²) in [6.45, 7) is 1.40. The van der Waals surface area contributed by atoms with Crippen molar-refractivity contribution in [1.82, 2.24) is 9.78 Å². The molecule has 1 aromatic heterocycles. The third kappa shape index (κ3) is 3.40. The third-order valence-electron chi connectivity index (χ3n) is 4.02. The van der Waals surface area contributed by atoms with Gasteiger partial charge in [0.15, 0.2) is 0 Å². The van der Waals surface area contributed by atoms with Crippen LogP contribution in [0.1, 0.15) is 11.3 Å². The molecule has 2 aromatic carbocycles. The summed E-state index contributed by atoms with van der Waals surface area (Å²) in [6, 6.07) is 8.67. The molecule has 4 N–H and O–H groups in total. The number of aromatic nitrogens is 2. The van der Waals surface area contributed by atoms with E-state index in [-0.39, 0.29) is 16.4 Å². The second-order valence-corrected chi connectivity index (χ2v) is 8.26. The number of alkyl halides is 3. The summed E-state index contributed by atoms with van der Waals surface area (Å²) in [5.74, 6) is -0.231. The number of sulfone groups is 1. The van der Waals surface area contributed by atoms with Crippen LogP contribution >= 0.6 is 11.6 Å². The molecule has 0 aliphatic carbocycles. The highest BCUT2D eigenvalue weighted by molar-refractivity contribution is 7.91. The van der Waals surface area contributed by atoms with E-state index in [1.807, 2.05) is 0 Å². The summed E-state index contributed by atoms with van der Waals surface area (Å²) in [4.78, 5) is -0.958. The fraction of sp³-hybridized carbons (Fsp3) is 0.118. The Kier molecular flexibility index (Phi) is 4.80. The van der Waals surface area contributed by atoms with Crippen molar-refractivity contribution in [1.29, 1.82) is 0 Å². The number of rotatable bonds is 3. The van der Waals surface area contributed by atoms with Gasteiger partial charge in [-0.25, -0.2) is 13.1 Å². The number of hydrogen-bond donors (Lipinski definition) is 2. The van der Waals surface area contributed by atoms with Crippen LogP contribution in [0, 0.1) is 6.92 Å². The maximum Gasteiger partial charge on any atom is 0.418 e. The van der Waals surface area contributed by atoms with Gasteiger partial charge in [-0.15, -0.1) is 0 Å². The molecule has 148 valence electrons. The summed E-state index contributed by atoms with van der Waals surface area (Å²) in [5, 5.41) is 4.57. The maximum atomic E-state index is 13.1. The van der Waals surface area contributed by atoms with Gasteiger partial charge in [0.1, 0.15) is 10.7 Å². The molecule has 0 radical (unpaired) electrons. The number of nitrogen functional groups attached to an aromatic ring is 2. The number of anilines is 2. The number of aryl methyl sites for hydroxylation is 1. The molecule has 3 rings (SSSR count). The van der Waals surface area contributed by atoms with E-state index in [4.69, 9.17) is 23.1 Å². The zero-order chi connectivity index (χ0) is 20.9. The fourth-order valence-electron chi connectivity index (χ4n) is 2.71. The number of benzene rings is 2. The quantitative estimate of drug-likeness (QED) is 0.614. The molecule has 0 unspecified atom stereocenters. The van der Waals surface area contributed by atoms with Crippen LogP contribution in [0.5, 0.6) is 0 Å². The van der Waals surface area contributed by atoms with E-state index in [1.165, 1.54) is 11.6 Å². The molecule has 0 fully saturated rings. The molecular formula is C17H14ClF3N4O2S. The van der Waals surface area contributed by atoms with E-state index in [0.717, 1.165) is 12.1 Å².